The molecule has 0 bridgehead atoms. The average Bonchev–Trinajstić information content (AvgIpc) is 3.07. The summed E-state index contributed by atoms with van der Waals surface area (Å²) in [6.07, 6.45) is 2.22. The van der Waals surface area contributed by atoms with Crippen molar-refractivity contribution >= 4 is 33.1 Å². The van der Waals surface area contributed by atoms with Crippen LogP contribution >= 0.6 is 11.3 Å². The molecule has 1 aromatic heterocycles. The summed E-state index contributed by atoms with van der Waals surface area (Å²) in [5.41, 5.74) is 0. The number of amides is 1. The number of hydrogen-bond donors (Lipinski definition) is 1. The van der Waals surface area contributed by atoms with Crippen molar-refractivity contribution in [3.05, 3.63) is 22.4 Å². The minimum Gasteiger partial charge on any atom is -0.353 e. The summed E-state index contributed by atoms with van der Waals surface area (Å²) in [6, 6.07) is 3.57. The Hall–Kier alpha value is -1.25. The van der Waals surface area contributed by atoms with Gasteiger partial charge in [0.15, 0.2) is 5.78 Å². The molecule has 0 unspecified atom stereocenters. The minimum absolute atomic E-state index is 0.0117. The first kappa shape index (κ1) is 19.1. The van der Waals surface area contributed by atoms with Gasteiger partial charge in [-0.25, -0.2) is 12.7 Å². The Balaban J connectivity index is 1.71. The van der Waals surface area contributed by atoms with Crippen molar-refractivity contribution in [3.63, 3.8) is 0 Å². The molecule has 6 nitrogen and oxygen atoms in total. The molecular formula is C16H24N2O4S2. The molecule has 0 aromatic carbocycles. The lowest BCUT2D eigenvalue weighted by atomic mass is 10.1. The number of hydrogen-bond acceptors (Lipinski definition) is 5. The first-order chi connectivity index (χ1) is 11.4. The zero-order valence-electron chi connectivity index (χ0n) is 13.9. The monoisotopic (exact) mass is 372 g/mol. The van der Waals surface area contributed by atoms with Crippen molar-refractivity contribution in [3.8, 4) is 0 Å². The zero-order chi connectivity index (χ0) is 17.6. The van der Waals surface area contributed by atoms with E-state index in [0.29, 0.717) is 37.2 Å². The van der Waals surface area contributed by atoms with Gasteiger partial charge in [-0.15, -0.1) is 11.3 Å². The van der Waals surface area contributed by atoms with Crippen LogP contribution in [0.4, 0.5) is 0 Å². The van der Waals surface area contributed by atoms with Crippen LogP contribution in [-0.2, 0) is 14.8 Å². The van der Waals surface area contributed by atoms with Crippen LogP contribution in [-0.4, -0.2) is 49.3 Å². The van der Waals surface area contributed by atoms with Crippen LogP contribution in [0.15, 0.2) is 17.5 Å². The van der Waals surface area contributed by atoms with Crippen LogP contribution in [0, 0.1) is 0 Å². The molecule has 1 aliphatic heterocycles. The third kappa shape index (κ3) is 5.39. The largest absolute Gasteiger partial charge is 0.353 e. The van der Waals surface area contributed by atoms with E-state index in [9.17, 15) is 18.0 Å². The summed E-state index contributed by atoms with van der Waals surface area (Å²) in [7, 11) is -3.15. The van der Waals surface area contributed by atoms with E-state index >= 15 is 0 Å². The van der Waals surface area contributed by atoms with Gasteiger partial charge in [0.1, 0.15) is 0 Å². The highest BCUT2D eigenvalue weighted by molar-refractivity contribution is 7.89. The second-order valence-electron chi connectivity index (χ2n) is 5.96. The van der Waals surface area contributed by atoms with Crippen LogP contribution < -0.4 is 5.32 Å². The predicted molar refractivity (Wildman–Crippen MR) is 94.7 cm³/mol. The summed E-state index contributed by atoms with van der Waals surface area (Å²) in [6.45, 7) is 2.74. The van der Waals surface area contributed by atoms with Gasteiger partial charge in [0.05, 0.1) is 10.6 Å². The molecule has 1 saturated heterocycles. The number of Topliss-reactive ketones (excluding diaryl/α,β-unsaturated/α-hetero) is 1. The Morgan fingerprint density at radius 1 is 1.29 bits per heavy atom. The summed E-state index contributed by atoms with van der Waals surface area (Å²) < 4.78 is 25.5. The molecule has 1 aromatic rings. The normalized spacial score (nSPS) is 16.9. The predicted octanol–water partition coefficient (Wildman–Crippen LogP) is 2.03. The lowest BCUT2D eigenvalue weighted by Crippen LogP contribution is -2.47. The third-order valence-electron chi connectivity index (χ3n) is 4.05. The van der Waals surface area contributed by atoms with E-state index in [1.807, 2.05) is 18.4 Å². The lowest BCUT2D eigenvalue weighted by Gasteiger charge is -2.31. The lowest BCUT2D eigenvalue weighted by molar-refractivity contribution is -0.122. The van der Waals surface area contributed by atoms with E-state index in [1.54, 1.807) is 6.07 Å². The van der Waals surface area contributed by atoms with Crippen molar-refractivity contribution in [2.45, 2.75) is 45.1 Å². The molecule has 0 radical (unpaired) electrons. The number of piperidine rings is 1. The van der Waals surface area contributed by atoms with Crippen molar-refractivity contribution < 1.29 is 18.0 Å². The maximum absolute atomic E-state index is 12.0. The zero-order valence-corrected chi connectivity index (χ0v) is 15.5. The molecule has 0 saturated carbocycles. The highest BCUT2D eigenvalue weighted by Crippen LogP contribution is 2.16. The first-order valence-corrected chi connectivity index (χ1v) is 10.7. The van der Waals surface area contributed by atoms with Gasteiger partial charge < -0.3 is 5.32 Å². The standard InChI is InChI=1S/C16H24N2O4S2/c1-2-12-24(21,22)18-9-7-13(8-10-18)17-16(20)6-5-14(19)15-4-3-11-23-15/h3-4,11,13H,2,5-10,12H2,1H3,(H,17,20). The second-order valence-corrected chi connectivity index (χ2v) is 8.99. The topological polar surface area (TPSA) is 83.6 Å². The Bertz CT molecular complexity index is 648. The smallest absolute Gasteiger partial charge is 0.220 e. The van der Waals surface area contributed by atoms with Gasteiger partial charge in [0, 0.05) is 32.0 Å². The molecule has 0 spiro atoms. The van der Waals surface area contributed by atoms with Gasteiger partial charge in [-0.05, 0) is 30.7 Å². The summed E-state index contributed by atoms with van der Waals surface area (Å²) >= 11 is 1.38. The number of carbonyl (C=O) groups excluding carboxylic acids is 2. The Labute approximate surface area is 147 Å². The summed E-state index contributed by atoms with van der Waals surface area (Å²) in [5, 5.41) is 4.76. The van der Waals surface area contributed by atoms with Crippen molar-refractivity contribution in [1.29, 1.82) is 0 Å². The second kappa shape index (κ2) is 8.73. The summed E-state index contributed by atoms with van der Waals surface area (Å²) in [5.74, 6) is 0.0184. The van der Waals surface area contributed by atoms with Gasteiger partial charge in [-0.2, -0.15) is 0 Å². The van der Waals surface area contributed by atoms with E-state index in [0.717, 1.165) is 0 Å². The quantitative estimate of drug-likeness (QED) is 0.708. The molecule has 1 N–H and O–H groups in total. The molecule has 24 heavy (non-hydrogen) atoms. The van der Waals surface area contributed by atoms with Crippen molar-refractivity contribution in [2.24, 2.45) is 0 Å². The fourth-order valence-electron chi connectivity index (χ4n) is 2.75. The maximum Gasteiger partial charge on any atom is 0.220 e. The Morgan fingerprint density at radius 2 is 2.00 bits per heavy atom. The summed E-state index contributed by atoms with van der Waals surface area (Å²) in [4.78, 5) is 24.5. The molecule has 0 aliphatic carbocycles. The van der Waals surface area contributed by atoms with E-state index in [1.165, 1.54) is 15.6 Å². The number of carbonyl (C=O) groups is 2. The van der Waals surface area contributed by atoms with Gasteiger partial charge in [0.2, 0.25) is 15.9 Å². The molecule has 2 heterocycles. The Morgan fingerprint density at radius 3 is 2.58 bits per heavy atom. The fraction of sp³-hybridized carbons (Fsp3) is 0.625. The van der Waals surface area contributed by atoms with E-state index < -0.39 is 10.0 Å². The van der Waals surface area contributed by atoms with Gasteiger partial charge in [-0.1, -0.05) is 13.0 Å². The molecule has 2 rings (SSSR count). The SMILES string of the molecule is CCCS(=O)(=O)N1CCC(NC(=O)CCC(=O)c2cccs2)CC1. The molecule has 1 amide bonds. The molecule has 1 fully saturated rings. The highest BCUT2D eigenvalue weighted by Gasteiger charge is 2.27. The van der Waals surface area contributed by atoms with E-state index in [-0.39, 0.29) is 36.3 Å². The minimum atomic E-state index is -3.15. The van der Waals surface area contributed by atoms with Crippen LogP contribution in [0.2, 0.25) is 0 Å². The number of thiophene rings is 1. The van der Waals surface area contributed by atoms with E-state index in [2.05, 4.69) is 5.32 Å². The van der Waals surface area contributed by atoms with Gasteiger partial charge in [-0.3, -0.25) is 9.59 Å². The van der Waals surface area contributed by atoms with Crippen LogP contribution in [0.1, 0.15) is 48.7 Å². The number of ketones is 1. The average molecular weight is 373 g/mol. The third-order valence-corrected chi connectivity index (χ3v) is 7.04. The number of rotatable bonds is 8. The van der Waals surface area contributed by atoms with Gasteiger partial charge in [0.25, 0.3) is 0 Å². The number of nitrogens with zero attached hydrogens (tertiary/aromatic N) is 1. The number of sulfonamides is 1. The molecular weight excluding hydrogens is 348 g/mol. The van der Waals surface area contributed by atoms with Crippen LogP contribution in [0.25, 0.3) is 0 Å². The van der Waals surface area contributed by atoms with Crippen molar-refractivity contribution in [2.75, 3.05) is 18.8 Å². The molecule has 0 atom stereocenters. The van der Waals surface area contributed by atoms with Gasteiger partial charge >= 0.3 is 0 Å². The van der Waals surface area contributed by atoms with Crippen LogP contribution in [0.3, 0.4) is 0 Å². The molecule has 134 valence electrons. The first-order valence-electron chi connectivity index (χ1n) is 8.26. The number of nitrogens with one attached hydrogen (secondary N) is 1. The molecule has 1 aliphatic rings. The van der Waals surface area contributed by atoms with Crippen molar-refractivity contribution in [1.82, 2.24) is 9.62 Å². The van der Waals surface area contributed by atoms with E-state index in [4.69, 9.17) is 0 Å². The maximum atomic E-state index is 12.0. The van der Waals surface area contributed by atoms with Crippen LogP contribution in [0.5, 0.6) is 0 Å². The fourth-order valence-corrected chi connectivity index (χ4v) is 4.99. The highest BCUT2D eigenvalue weighted by atomic mass is 32.2. The Kier molecular flexibility index (Phi) is 6.94. The molecule has 8 heteroatoms.